The van der Waals surface area contributed by atoms with E-state index in [1.165, 1.54) is 0 Å². The number of halogens is 1. The lowest BCUT2D eigenvalue weighted by Crippen LogP contribution is -2.26. The minimum Gasteiger partial charge on any atom is -0.486 e. The molecule has 2 rings (SSSR count). The summed E-state index contributed by atoms with van der Waals surface area (Å²) in [4.78, 5) is 0. The molecule has 1 aliphatic heterocycles. The third-order valence-electron chi connectivity index (χ3n) is 2.12. The van der Waals surface area contributed by atoms with Gasteiger partial charge in [-0.05, 0) is 12.1 Å². The molecule has 0 amide bonds. The number of hydrogen-bond acceptors (Lipinski definition) is 2. The second-order valence-electron chi connectivity index (χ2n) is 3.14. The van der Waals surface area contributed by atoms with E-state index in [0.717, 1.165) is 5.75 Å². The van der Waals surface area contributed by atoms with Gasteiger partial charge in [0.05, 0.1) is 0 Å². The summed E-state index contributed by atoms with van der Waals surface area (Å²) in [6.45, 7) is 0.994. The quantitative estimate of drug-likeness (QED) is 0.744. The van der Waals surface area contributed by atoms with Gasteiger partial charge in [0.1, 0.15) is 11.9 Å². The molecule has 2 nitrogen and oxygen atoms in total. The molecule has 1 saturated heterocycles. The normalized spacial score (nSPS) is 27.5. The fraction of sp³-hybridized carbons (Fsp3) is 0.400. The van der Waals surface area contributed by atoms with Crippen LogP contribution in [0.25, 0.3) is 0 Å². The first-order valence-corrected chi connectivity index (χ1v) is 4.43. The summed E-state index contributed by atoms with van der Waals surface area (Å²) in [6.07, 6.45) is -1.22. The van der Waals surface area contributed by atoms with Gasteiger partial charge in [0.2, 0.25) is 0 Å². The molecule has 0 aromatic heterocycles. The highest BCUT2D eigenvalue weighted by Crippen LogP contribution is 2.15. The van der Waals surface area contributed by atoms with Crippen molar-refractivity contribution in [3.05, 3.63) is 30.3 Å². The standard InChI is InChI=1S/C10H12FNO/c11-9-6-12-7-10(9)13-8-4-2-1-3-5-8/h1-5,9-10,12H,6-7H2/t9-,10+/m1/s1. The molecule has 1 aromatic rings. The Kier molecular flexibility index (Phi) is 2.45. The molecule has 70 valence electrons. The summed E-state index contributed by atoms with van der Waals surface area (Å²) in [5, 5.41) is 2.94. The topological polar surface area (TPSA) is 21.3 Å². The Hall–Kier alpha value is -1.09. The van der Waals surface area contributed by atoms with Gasteiger partial charge >= 0.3 is 0 Å². The SMILES string of the molecule is F[C@@H]1CNC[C@@H]1Oc1ccccc1. The zero-order valence-electron chi connectivity index (χ0n) is 7.24. The molecular weight excluding hydrogens is 169 g/mol. The second-order valence-corrected chi connectivity index (χ2v) is 3.14. The predicted octanol–water partition coefficient (Wildman–Crippen LogP) is 1.38. The molecule has 0 unspecified atom stereocenters. The van der Waals surface area contributed by atoms with E-state index in [9.17, 15) is 4.39 Å². The zero-order chi connectivity index (χ0) is 9.10. The van der Waals surface area contributed by atoms with Crippen LogP contribution in [0.5, 0.6) is 5.75 Å². The van der Waals surface area contributed by atoms with Gasteiger partial charge in [0.15, 0.2) is 6.17 Å². The lowest BCUT2D eigenvalue weighted by Gasteiger charge is -2.14. The number of ether oxygens (including phenoxy) is 1. The van der Waals surface area contributed by atoms with Gasteiger partial charge in [0.25, 0.3) is 0 Å². The van der Waals surface area contributed by atoms with Gasteiger partial charge in [-0.15, -0.1) is 0 Å². The molecule has 3 heteroatoms. The molecule has 1 aliphatic rings. The van der Waals surface area contributed by atoms with Crippen molar-refractivity contribution < 1.29 is 9.13 Å². The highest BCUT2D eigenvalue weighted by molar-refractivity contribution is 5.21. The molecule has 1 fully saturated rings. The largest absolute Gasteiger partial charge is 0.486 e. The Morgan fingerprint density at radius 1 is 1.23 bits per heavy atom. The Bertz CT molecular complexity index is 265. The number of alkyl halides is 1. The molecule has 1 aromatic carbocycles. The molecule has 1 heterocycles. The van der Waals surface area contributed by atoms with Crippen molar-refractivity contribution in [2.24, 2.45) is 0 Å². The van der Waals surface area contributed by atoms with Crippen molar-refractivity contribution in [3.8, 4) is 5.75 Å². The van der Waals surface area contributed by atoms with Crippen LogP contribution in [0.15, 0.2) is 30.3 Å². The van der Waals surface area contributed by atoms with Gasteiger partial charge in [0, 0.05) is 13.1 Å². The molecule has 0 aliphatic carbocycles. The molecule has 13 heavy (non-hydrogen) atoms. The zero-order valence-corrected chi connectivity index (χ0v) is 7.24. The van der Waals surface area contributed by atoms with E-state index in [-0.39, 0.29) is 6.10 Å². The molecule has 0 spiro atoms. The summed E-state index contributed by atoms with van der Waals surface area (Å²) in [5.74, 6) is 0.735. The molecule has 0 bridgehead atoms. The van der Waals surface area contributed by atoms with Crippen LogP contribution in [0.4, 0.5) is 4.39 Å². The molecular formula is C10H12FNO. The van der Waals surface area contributed by atoms with E-state index in [1.807, 2.05) is 30.3 Å². The summed E-state index contributed by atoms with van der Waals surface area (Å²) in [5.41, 5.74) is 0. The van der Waals surface area contributed by atoms with Crippen LogP contribution in [-0.2, 0) is 0 Å². The van der Waals surface area contributed by atoms with E-state index in [2.05, 4.69) is 5.32 Å². The van der Waals surface area contributed by atoms with Crippen molar-refractivity contribution in [2.45, 2.75) is 12.3 Å². The molecule has 0 saturated carbocycles. The maximum absolute atomic E-state index is 13.1. The van der Waals surface area contributed by atoms with Crippen LogP contribution < -0.4 is 10.1 Å². The Labute approximate surface area is 76.7 Å². The van der Waals surface area contributed by atoms with Crippen LogP contribution >= 0.6 is 0 Å². The van der Waals surface area contributed by atoms with Gasteiger partial charge in [-0.1, -0.05) is 18.2 Å². The highest BCUT2D eigenvalue weighted by Gasteiger charge is 2.28. The fourth-order valence-corrected chi connectivity index (χ4v) is 1.41. The number of nitrogens with one attached hydrogen (secondary N) is 1. The van der Waals surface area contributed by atoms with Crippen molar-refractivity contribution in [3.63, 3.8) is 0 Å². The maximum Gasteiger partial charge on any atom is 0.150 e. The minimum absolute atomic E-state index is 0.331. The smallest absolute Gasteiger partial charge is 0.150 e. The number of benzene rings is 1. The summed E-state index contributed by atoms with van der Waals surface area (Å²) >= 11 is 0. The fourth-order valence-electron chi connectivity index (χ4n) is 1.41. The van der Waals surface area contributed by atoms with Crippen LogP contribution in [0, 0.1) is 0 Å². The monoisotopic (exact) mass is 181 g/mol. The lowest BCUT2D eigenvalue weighted by molar-refractivity contribution is 0.140. The summed E-state index contributed by atoms with van der Waals surface area (Å²) in [6, 6.07) is 9.35. The van der Waals surface area contributed by atoms with E-state index in [1.54, 1.807) is 0 Å². The van der Waals surface area contributed by atoms with Crippen molar-refractivity contribution in [1.82, 2.24) is 5.32 Å². The van der Waals surface area contributed by atoms with Gasteiger partial charge in [-0.3, -0.25) is 0 Å². The van der Waals surface area contributed by atoms with E-state index >= 15 is 0 Å². The van der Waals surface area contributed by atoms with Crippen molar-refractivity contribution in [1.29, 1.82) is 0 Å². The summed E-state index contributed by atoms with van der Waals surface area (Å²) < 4.78 is 18.5. The lowest BCUT2D eigenvalue weighted by atomic mass is 10.3. The van der Waals surface area contributed by atoms with E-state index in [0.29, 0.717) is 13.1 Å². The van der Waals surface area contributed by atoms with E-state index in [4.69, 9.17) is 4.74 Å². The number of para-hydroxylation sites is 1. The average molecular weight is 181 g/mol. The average Bonchev–Trinajstić information content (AvgIpc) is 2.54. The van der Waals surface area contributed by atoms with Crippen LogP contribution in [-0.4, -0.2) is 25.4 Å². The van der Waals surface area contributed by atoms with Crippen LogP contribution in [0.3, 0.4) is 0 Å². The van der Waals surface area contributed by atoms with Crippen LogP contribution in [0.2, 0.25) is 0 Å². The third kappa shape index (κ3) is 1.98. The molecule has 2 atom stereocenters. The van der Waals surface area contributed by atoms with Crippen molar-refractivity contribution in [2.75, 3.05) is 13.1 Å². The van der Waals surface area contributed by atoms with Gasteiger partial charge < -0.3 is 10.1 Å². The third-order valence-corrected chi connectivity index (χ3v) is 2.12. The molecule has 1 N–H and O–H groups in total. The summed E-state index contributed by atoms with van der Waals surface area (Å²) in [7, 11) is 0. The van der Waals surface area contributed by atoms with Gasteiger partial charge in [-0.25, -0.2) is 4.39 Å². The number of hydrogen-bond donors (Lipinski definition) is 1. The number of rotatable bonds is 2. The first-order valence-electron chi connectivity index (χ1n) is 4.43. The Balaban J connectivity index is 1.98. The Morgan fingerprint density at radius 3 is 2.62 bits per heavy atom. The van der Waals surface area contributed by atoms with Crippen LogP contribution in [0.1, 0.15) is 0 Å². The van der Waals surface area contributed by atoms with Crippen molar-refractivity contribution >= 4 is 0 Å². The predicted molar refractivity (Wildman–Crippen MR) is 48.6 cm³/mol. The van der Waals surface area contributed by atoms with Gasteiger partial charge in [-0.2, -0.15) is 0 Å². The highest BCUT2D eigenvalue weighted by atomic mass is 19.1. The first-order chi connectivity index (χ1) is 6.36. The molecule has 0 radical (unpaired) electrons. The maximum atomic E-state index is 13.1. The van der Waals surface area contributed by atoms with E-state index < -0.39 is 6.17 Å². The Morgan fingerprint density at radius 2 is 2.00 bits per heavy atom. The second kappa shape index (κ2) is 3.75. The minimum atomic E-state index is -0.889. The first kappa shape index (κ1) is 8.51.